The van der Waals surface area contributed by atoms with Gasteiger partial charge in [-0.1, -0.05) is 36.4 Å². The Balaban J connectivity index is 1.72. The lowest BCUT2D eigenvalue weighted by Gasteiger charge is -2.22. The highest BCUT2D eigenvalue weighted by atomic mass is 16.5. The quantitative estimate of drug-likeness (QED) is 0.825. The Morgan fingerprint density at radius 3 is 2.38 bits per heavy atom. The van der Waals surface area contributed by atoms with Gasteiger partial charge in [0.2, 0.25) is 0 Å². The summed E-state index contributed by atoms with van der Waals surface area (Å²) in [5, 5.41) is 0. The molecule has 2 aromatic rings. The van der Waals surface area contributed by atoms with E-state index in [0.29, 0.717) is 11.7 Å². The van der Waals surface area contributed by atoms with Gasteiger partial charge in [-0.25, -0.2) is 0 Å². The van der Waals surface area contributed by atoms with Crippen LogP contribution in [0.4, 0.5) is 5.69 Å². The molecule has 0 heterocycles. The molecular formula is C18H22N2O. The Kier molecular flexibility index (Phi) is 4.11. The molecule has 21 heavy (non-hydrogen) atoms. The molecule has 0 atom stereocenters. The normalized spacial score (nSPS) is 14.4. The number of anilines is 1. The van der Waals surface area contributed by atoms with Crippen molar-refractivity contribution < 1.29 is 4.74 Å². The van der Waals surface area contributed by atoms with Gasteiger partial charge in [0.15, 0.2) is 0 Å². The molecule has 1 aliphatic carbocycles. The standard InChI is InChI=1S/C18H22N2O/c1-21-18-10-7-15(11-17(18)19)13-20(16-8-9-16)12-14-5-3-2-4-6-14/h2-7,10-11,16H,8-9,12-13,19H2,1H3. The molecule has 2 aromatic carbocycles. The van der Waals surface area contributed by atoms with E-state index in [4.69, 9.17) is 10.5 Å². The molecule has 0 amide bonds. The second-order valence-corrected chi connectivity index (χ2v) is 5.70. The van der Waals surface area contributed by atoms with Crippen molar-refractivity contribution in [2.75, 3.05) is 12.8 Å². The zero-order valence-corrected chi connectivity index (χ0v) is 12.5. The van der Waals surface area contributed by atoms with Gasteiger partial charge < -0.3 is 10.5 Å². The van der Waals surface area contributed by atoms with E-state index in [1.54, 1.807) is 7.11 Å². The van der Waals surface area contributed by atoms with Crippen molar-refractivity contribution in [3.05, 3.63) is 59.7 Å². The predicted molar refractivity (Wildman–Crippen MR) is 86.1 cm³/mol. The van der Waals surface area contributed by atoms with Crippen molar-refractivity contribution in [2.24, 2.45) is 0 Å². The highest BCUT2D eigenvalue weighted by Crippen LogP contribution is 2.31. The number of hydrogen-bond donors (Lipinski definition) is 1. The molecule has 3 nitrogen and oxygen atoms in total. The topological polar surface area (TPSA) is 38.5 Å². The second kappa shape index (κ2) is 6.19. The molecule has 110 valence electrons. The predicted octanol–water partition coefficient (Wildman–Crippen LogP) is 3.44. The summed E-state index contributed by atoms with van der Waals surface area (Å²) in [5.41, 5.74) is 9.33. The Bertz CT molecular complexity index is 593. The van der Waals surface area contributed by atoms with Gasteiger partial charge in [0.05, 0.1) is 12.8 Å². The van der Waals surface area contributed by atoms with Crippen LogP contribution in [0.1, 0.15) is 24.0 Å². The molecule has 0 saturated heterocycles. The first-order chi connectivity index (χ1) is 10.3. The summed E-state index contributed by atoms with van der Waals surface area (Å²) in [6.45, 7) is 1.94. The van der Waals surface area contributed by atoms with E-state index in [-0.39, 0.29) is 0 Å². The molecule has 1 saturated carbocycles. The number of hydrogen-bond acceptors (Lipinski definition) is 3. The summed E-state index contributed by atoms with van der Waals surface area (Å²) in [6, 6.07) is 17.5. The van der Waals surface area contributed by atoms with E-state index in [1.165, 1.54) is 24.0 Å². The molecule has 0 aromatic heterocycles. The number of nitrogens with zero attached hydrogens (tertiary/aromatic N) is 1. The molecule has 1 aliphatic rings. The Hall–Kier alpha value is -2.00. The van der Waals surface area contributed by atoms with E-state index < -0.39 is 0 Å². The van der Waals surface area contributed by atoms with Gasteiger partial charge in [0.1, 0.15) is 5.75 Å². The summed E-state index contributed by atoms with van der Waals surface area (Å²) in [5.74, 6) is 0.750. The van der Waals surface area contributed by atoms with Gasteiger partial charge in [-0.3, -0.25) is 4.90 Å². The average molecular weight is 282 g/mol. The number of benzene rings is 2. The maximum atomic E-state index is 6.01. The number of nitrogens with two attached hydrogens (primary N) is 1. The van der Waals surface area contributed by atoms with Crippen LogP contribution < -0.4 is 10.5 Å². The van der Waals surface area contributed by atoms with Crippen LogP contribution in [0.15, 0.2) is 48.5 Å². The monoisotopic (exact) mass is 282 g/mol. The zero-order chi connectivity index (χ0) is 14.7. The van der Waals surface area contributed by atoms with Gasteiger partial charge in [0.25, 0.3) is 0 Å². The molecular weight excluding hydrogens is 260 g/mol. The van der Waals surface area contributed by atoms with Crippen LogP contribution in [-0.4, -0.2) is 18.1 Å². The third-order valence-corrected chi connectivity index (χ3v) is 3.97. The van der Waals surface area contributed by atoms with Crippen molar-refractivity contribution >= 4 is 5.69 Å². The maximum Gasteiger partial charge on any atom is 0.141 e. The van der Waals surface area contributed by atoms with Crippen molar-refractivity contribution in [3.8, 4) is 5.75 Å². The van der Waals surface area contributed by atoms with Crippen molar-refractivity contribution in [2.45, 2.75) is 32.0 Å². The van der Waals surface area contributed by atoms with Crippen LogP contribution in [0.5, 0.6) is 5.75 Å². The summed E-state index contributed by atoms with van der Waals surface area (Å²) in [6.07, 6.45) is 2.61. The lowest BCUT2D eigenvalue weighted by Crippen LogP contribution is -2.25. The Morgan fingerprint density at radius 2 is 1.76 bits per heavy atom. The molecule has 2 N–H and O–H groups in total. The molecule has 3 heteroatoms. The first-order valence-electron chi connectivity index (χ1n) is 7.46. The van der Waals surface area contributed by atoms with Gasteiger partial charge >= 0.3 is 0 Å². The lowest BCUT2D eigenvalue weighted by molar-refractivity contribution is 0.246. The van der Waals surface area contributed by atoms with Crippen LogP contribution in [0.3, 0.4) is 0 Å². The minimum atomic E-state index is 0.713. The van der Waals surface area contributed by atoms with E-state index in [2.05, 4.69) is 41.3 Å². The van der Waals surface area contributed by atoms with Gasteiger partial charge in [-0.2, -0.15) is 0 Å². The van der Waals surface area contributed by atoms with Crippen molar-refractivity contribution in [1.82, 2.24) is 4.90 Å². The van der Waals surface area contributed by atoms with Crippen molar-refractivity contribution in [1.29, 1.82) is 0 Å². The van der Waals surface area contributed by atoms with E-state index in [1.807, 2.05) is 12.1 Å². The number of ether oxygens (including phenoxy) is 1. The molecule has 0 aliphatic heterocycles. The molecule has 3 rings (SSSR count). The summed E-state index contributed by atoms with van der Waals surface area (Å²) >= 11 is 0. The van der Waals surface area contributed by atoms with Crippen LogP contribution >= 0.6 is 0 Å². The summed E-state index contributed by atoms with van der Waals surface area (Å²) in [7, 11) is 1.65. The highest BCUT2D eigenvalue weighted by molar-refractivity contribution is 5.54. The minimum Gasteiger partial charge on any atom is -0.495 e. The van der Waals surface area contributed by atoms with E-state index >= 15 is 0 Å². The average Bonchev–Trinajstić information content (AvgIpc) is 3.32. The largest absolute Gasteiger partial charge is 0.495 e. The third-order valence-electron chi connectivity index (χ3n) is 3.97. The Morgan fingerprint density at radius 1 is 1.05 bits per heavy atom. The van der Waals surface area contributed by atoms with E-state index in [9.17, 15) is 0 Å². The Labute approximate surface area is 126 Å². The number of rotatable bonds is 6. The van der Waals surface area contributed by atoms with Crippen molar-refractivity contribution in [3.63, 3.8) is 0 Å². The van der Waals surface area contributed by atoms with Gasteiger partial charge in [-0.05, 0) is 36.1 Å². The fraction of sp³-hybridized carbons (Fsp3) is 0.333. The van der Waals surface area contributed by atoms with Gasteiger partial charge in [-0.15, -0.1) is 0 Å². The third kappa shape index (κ3) is 3.56. The summed E-state index contributed by atoms with van der Waals surface area (Å²) < 4.78 is 5.22. The maximum absolute atomic E-state index is 6.01. The highest BCUT2D eigenvalue weighted by Gasteiger charge is 2.28. The number of methoxy groups -OCH3 is 1. The first kappa shape index (κ1) is 14.0. The van der Waals surface area contributed by atoms with E-state index in [0.717, 1.165) is 18.8 Å². The lowest BCUT2D eigenvalue weighted by atomic mass is 10.1. The van der Waals surface area contributed by atoms with Crippen LogP contribution in [0.2, 0.25) is 0 Å². The molecule has 0 unspecified atom stereocenters. The molecule has 1 fully saturated rings. The first-order valence-corrected chi connectivity index (χ1v) is 7.46. The van der Waals surface area contributed by atoms with Gasteiger partial charge in [0, 0.05) is 19.1 Å². The molecule has 0 bridgehead atoms. The molecule has 0 radical (unpaired) electrons. The fourth-order valence-electron chi connectivity index (χ4n) is 2.69. The molecule has 0 spiro atoms. The fourth-order valence-corrected chi connectivity index (χ4v) is 2.69. The minimum absolute atomic E-state index is 0.713. The van der Waals surface area contributed by atoms with Crippen LogP contribution in [0, 0.1) is 0 Å². The zero-order valence-electron chi connectivity index (χ0n) is 12.5. The second-order valence-electron chi connectivity index (χ2n) is 5.70. The smallest absolute Gasteiger partial charge is 0.141 e. The summed E-state index contributed by atoms with van der Waals surface area (Å²) in [4.78, 5) is 2.54. The SMILES string of the molecule is COc1ccc(CN(Cc2ccccc2)C2CC2)cc1N. The van der Waals surface area contributed by atoms with Crippen LogP contribution in [-0.2, 0) is 13.1 Å². The number of nitrogen functional groups attached to an aromatic ring is 1. The van der Waals surface area contributed by atoms with Crippen LogP contribution in [0.25, 0.3) is 0 Å².